The first-order chi connectivity index (χ1) is 8.69. The van der Waals surface area contributed by atoms with E-state index in [9.17, 15) is 4.79 Å². The number of nitrogens with two attached hydrogens (primary N) is 1. The number of rotatable bonds is 5. The Hall–Kier alpha value is -1.35. The lowest BCUT2D eigenvalue weighted by atomic mass is 9.67. The van der Waals surface area contributed by atoms with Crippen LogP contribution in [0, 0.1) is 5.41 Å². The molecule has 0 aliphatic heterocycles. The highest BCUT2D eigenvalue weighted by molar-refractivity contribution is 5.94. The molecule has 0 atom stereocenters. The molecular formula is C15H22N2O. The third-order valence-electron chi connectivity index (χ3n) is 4.24. The van der Waals surface area contributed by atoms with Gasteiger partial charge in [-0.05, 0) is 42.4 Å². The number of hydrogen-bond donors (Lipinski definition) is 2. The highest BCUT2D eigenvalue weighted by Crippen LogP contribution is 2.43. The van der Waals surface area contributed by atoms with E-state index in [1.165, 1.54) is 19.3 Å². The molecule has 0 heterocycles. The van der Waals surface area contributed by atoms with Crippen molar-refractivity contribution >= 4 is 5.91 Å². The van der Waals surface area contributed by atoms with Crippen LogP contribution in [-0.4, -0.2) is 12.5 Å². The summed E-state index contributed by atoms with van der Waals surface area (Å²) in [7, 11) is 0. The first-order valence-corrected chi connectivity index (χ1v) is 6.76. The van der Waals surface area contributed by atoms with E-state index in [1.807, 2.05) is 24.3 Å². The molecule has 1 fully saturated rings. The maximum absolute atomic E-state index is 12.0. The van der Waals surface area contributed by atoms with E-state index in [1.54, 1.807) is 0 Å². The van der Waals surface area contributed by atoms with Gasteiger partial charge in [-0.1, -0.05) is 25.5 Å². The van der Waals surface area contributed by atoms with Gasteiger partial charge in [-0.2, -0.15) is 0 Å². The zero-order chi connectivity index (χ0) is 13.0. The van der Waals surface area contributed by atoms with E-state index in [4.69, 9.17) is 5.73 Å². The maximum Gasteiger partial charge on any atom is 0.251 e. The first-order valence-electron chi connectivity index (χ1n) is 6.76. The van der Waals surface area contributed by atoms with Gasteiger partial charge in [0.15, 0.2) is 0 Å². The van der Waals surface area contributed by atoms with Gasteiger partial charge in [0.2, 0.25) is 0 Å². The smallest absolute Gasteiger partial charge is 0.251 e. The SMILES string of the molecule is CCC1(CNC(=O)c2ccc(CN)cc2)CCC1. The van der Waals surface area contributed by atoms with Crippen LogP contribution < -0.4 is 11.1 Å². The fourth-order valence-electron chi connectivity index (χ4n) is 2.49. The molecule has 1 aliphatic carbocycles. The molecule has 3 N–H and O–H groups in total. The fourth-order valence-corrected chi connectivity index (χ4v) is 2.49. The Morgan fingerprint density at radius 1 is 1.33 bits per heavy atom. The Labute approximate surface area is 109 Å². The summed E-state index contributed by atoms with van der Waals surface area (Å²) in [6, 6.07) is 7.51. The number of amides is 1. The zero-order valence-electron chi connectivity index (χ0n) is 11.0. The molecule has 0 bridgehead atoms. The number of nitrogens with one attached hydrogen (secondary N) is 1. The van der Waals surface area contributed by atoms with Crippen LogP contribution in [0.15, 0.2) is 24.3 Å². The first kappa shape index (κ1) is 13.1. The lowest BCUT2D eigenvalue weighted by Crippen LogP contribution is -2.41. The minimum Gasteiger partial charge on any atom is -0.351 e. The van der Waals surface area contributed by atoms with E-state index in [0.717, 1.165) is 24.1 Å². The normalized spacial score (nSPS) is 17.0. The van der Waals surface area contributed by atoms with Crippen molar-refractivity contribution < 1.29 is 4.79 Å². The standard InChI is InChI=1S/C15H22N2O/c1-2-15(8-3-9-15)11-17-14(18)13-6-4-12(10-16)5-7-13/h4-7H,2-3,8-11,16H2,1H3,(H,17,18). The van der Waals surface area contributed by atoms with Crippen molar-refractivity contribution in [3.63, 3.8) is 0 Å². The van der Waals surface area contributed by atoms with Crippen molar-refractivity contribution in [2.75, 3.05) is 6.54 Å². The van der Waals surface area contributed by atoms with Crippen molar-refractivity contribution in [3.05, 3.63) is 35.4 Å². The second-order valence-electron chi connectivity index (χ2n) is 5.29. The van der Waals surface area contributed by atoms with Crippen LogP contribution in [0.4, 0.5) is 0 Å². The summed E-state index contributed by atoms with van der Waals surface area (Å²) in [4.78, 5) is 12.0. The highest BCUT2D eigenvalue weighted by atomic mass is 16.1. The molecule has 0 spiro atoms. The molecule has 1 aromatic carbocycles. The molecule has 3 nitrogen and oxygen atoms in total. The van der Waals surface area contributed by atoms with Crippen LogP contribution in [0.1, 0.15) is 48.5 Å². The quantitative estimate of drug-likeness (QED) is 0.838. The summed E-state index contributed by atoms with van der Waals surface area (Å²) in [5, 5.41) is 3.06. The fraction of sp³-hybridized carbons (Fsp3) is 0.533. The average Bonchev–Trinajstić information content (AvgIpc) is 2.38. The van der Waals surface area contributed by atoms with Crippen molar-refractivity contribution in [1.82, 2.24) is 5.32 Å². The number of benzene rings is 1. The number of carbonyl (C=O) groups is 1. The van der Waals surface area contributed by atoms with Gasteiger partial charge in [0.25, 0.3) is 5.91 Å². The zero-order valence-corrected chi connectivity index (χ0v) is 11.0. The van der Waals surface area contributed by atoms with Gasteiger partial charge in [0, 0.05) is 18.7 Å². The molecule has 1 aromatic rings. The Morgan fingerprint density at radius 3 is 2.44 bits per heavy atom. The van der Waals surface area contributed by atoms with E-state index < -0.39 is 0 Å². The molecule has 1 amide bonds. The predicted molar refractivity (Wildman–Crippen MR) is 73.2 cm³/mol. The van der Waals surface area contributed by atoms with Gasteiger partial charge in [-0.25, -0.2) is 0 Å². The Kier molecular flexibility index (Phi) is 4.02. The van der Waals surface area contributed by atoms with Crippen LogP contribution in [-0.2, 0) is 6.54 Å². The molecule has 98 valence electrons. The molecule has 18 heavy (non-hydrogen) atoms. The minimum atomic E-state index is 0.0262. The summed E-state index contributed by atoms with van der Waals surface area (Å²) in [5.74, 6) is 0.0262. The van der Waals surface area contributed by atoms with Crippen molar-refractivity contribution in [2.24, 2.45) is 11.1 Å². The summed E-state index contributed by atoms with van der Waals surface area (Å²) in [6.07, 6.45) is 4.94. The summed E-state index contributed by atoms with van der Waals surface area (Å²) in [5.41, 5.74) is 7.67. The van der Waals surface area contributed by atoms with Gasteiger partial charge in [0.05, 0.1) is 0 Å². The van der Waals surface area contributed by atoms with Crippen molar-refractivity contribution in [3.8, 4) is 0 Å². The second-order valence-corrected chi connectivity index (χ2v) is 5.29. The van der Waals surface area contributed by atoms with Gasteiger partial charge in [-0.3, -0.25) is 4.79 Å². The molecule has 1 aliphatic rings. The molecule has 0 saturated heterocycles. The predicted octanol–water partition coefficient (Wildman–Crippen LogP) is 2.46. The van der Waals surface area contributed by atoms with Crippen LogP contribution in [0.5, 0.6) is 0 Å². The van der Waals surface area contributed by atoms with E-state index >= 15 is 0 Å². The number of carbonyl (C=O) groups excluding carboxylic acids is 1. The topological polar surface area (TPSA) is 55.1 Å². The second kappa shape index (κ2) is 5.53. The third-order valence-corrected chi connectivity index (χ3v) is 4.24. The van der Waals surface area contributed by atoms with Crippen molar-refractivity contribution in [1.29, 1.82) is 0 Å². The lowest BCUT2D eigenvalue weighted by molar-refractivity contribution is 0.0850. The van der Waals surface area contributed by atoms with E-state index in [0.29, 0.717) is 12.0 Å². The third kappa shape index (κ3) is 2.72. The van der Waals surface area contributed by atoms with Gasteiger partial charge >= 0.3 is 0 Å². The Bertz CT molecular complexity index is 401. The monoisotopic (exact) mass is 246 g/mol. The van der Waals surface area contributed by atoms with Gasteiger partial charge < -0.3 is 11.1 Å². The molecule has 0 unspecified atom stereocenters. The Morgan fingerprint density at radius 2 is 2.00 bits per heavy atom. The van der Waals surface area contributed by atoms with Crippen LogP contribution >= 0.6 is 0 Å². The summed E-state index contributed by atoms with van der Waals surface area (Å²) >= 11 is 0. The largest absolute Gasteiger partial charge is 0.351 e. The van der Waals surface area contributed by atoms with E-state index in [2.05, 4.69) is 12.2 Å². The average molecular weight is 246 g/mol. The summed E-state index contributed by atoms with van der Waals surface area (Å²) in [6.45, 7) is 3.53. The lowest BCUT2D eigenvalue weighted by Gasteiger charge is -2.41. The van der Waals surface area contributed by atoms with Crippen LogP contribution in [0.25, 0.3) is 0 Å². The van der Waals surface area contributed by atoms with Gasteiger partial charge in [0.1, 0.15) is 0 Å². The molecule has 1 saturated carbocycles. The molecule has 2 rings (SSSR count). The number of hydrogen-bond acceptors (Lipinski definition) is 2. The molecule has 0 aromatic heterocycles. The summed E-state index contributed by atoms with van der Waals surface area (Å²) < 4.78 is 0. The van der Waals surface area contributed by atoms with Gasteiger partial charge in [-0.15, -0.1) is 0 Å². The van der Waals surface area contributed by atoms with Crippen molar-refractivity contribution in [2.45, 2.75) is 39.2 Å². The van der Waals surface area contributed by atoms with Crippen LogP contribution in [0.3, 0.4) is 0 Å². The maximum atomic E-state index is 12.0. The molecule has 0 radical (unpaired) electrons. The van der Waals surface area contributed by atoms with E-state index in [-0.39, 0.29) is 5.91 Å². The molecular weight excluding hydrogens is 224 g/mol. The highest BCUT2D eigenvalue weighted by Gasteiger charge is 2.35. The van der Waals surface area contributed by atoms with Crippen LogP contribution in [0.2, 0.25) is 0 Å². The Balaban J connectivity index is 1.90. The minimum absolute atomic E-state index is 0.0262. The molecule has 3 heteroatoms.